The molecule has 1 heterocycles. The Labute approximate surface area is 143 Å². The molecule has 0 saturated heterocycles. The number of nitrogens with one attached hydrogen (secondary N) is 2. The summed E-state index contributed by atoms with van der Waals surface area (Å²) in [6, 6.07) is 11.6. The number of hydrogen-bond donors (Lipinski definition) is 2. The van der Waals surface area contributed by atoms with Crippen LogP contribution in [0.4, 0.5) is 15.8 Å². The highest BCUT2D eigenvalue weighted by atomic mass is 19.1. The Bertz CT molecular complexity index is 780. The van der Waals surface area contributed by atoms with Gasteiger partial charge in [-0.1, -0.05) is 18.2 Å². The molecule has 0 unspecified atom stereocenters. The van der Waals surface area contributed by atoms with Gasteiger partial charge < -0.3 is 20.1 Å². The number of benzene rings is 2. The van der Waals surface area contributed by atoms with Gasteiger partial charge in [-0.3, -0.25) is 9.59 Å². The first-order valence-electron chi connectivity index (χ1n) is 7.86. The van der Waals surface area contributed by atoms with E-state index in [1.54, 1.807) is 0 Å². The summed E-state index contributed by atoms with van der Waals surface area (Å²) in [6.07, 6.45) is 0.723. The maximum absolute atomic E-state index is 13.6. The van der Waals surface area contributed by atoms with Crippen molar-refractivity contribution in [3.8, 4) is 11.5 Å². The number of hydrogen-bond acceptors (Lipinski definition) is 4. The molecule has 1 aliphatic rings. The maximum atomic E-state index is 13.6. The van der Waals surface area contributed by atoms with Crippen LogP contribution in [0.3, 0.4) is 0 Å². The fraction of sp³-hybridized carbons (Fsp3) is 0.222. The van der Waals surface area contributed by atoms with E-state index < -0.39 is 5.82 Å². The highest BCUT2D eigenvalue weighted by Crippen LogP contribution is 2.36. The van der Waals surface area contributed by atoms with Crippen LogP contribution in [0, 0.1) is 5.82 Å². The average Bonchev–Trinajstić information content (AvgIpc) is 2.59. The standard InChI is InChI=1S/C18H17FN2O4/c19-12-9-14(18-15(10-12)21-17(23)11-25-18)20-16(22)7-4-8-24-13-5-2-1-3-6-13/h1-3,5-6,9-10H,4,7-8,11H2,(H,20,22)(H,21,23). The van der Waals surface area contributed by atoms with Crippen molar-refractivity contribution in [3.63, 3.8) is 0 Å². The minimum absolute atomic E-state index is 0.174. The predicted molar refractivity (Wildman–Crippen MR) is 90.3 cm³/mol. The maximum Gasteiger partial charge on any atom is 0.262 e. The van der Waals surface area contributed by atoms with E-state index in [-0.39, 0.29) is 42.0 Å². The van der Waals surface area contributed by atoms with Crippen molar-refractivity contribution in [1.29, 1.82) is 0 Å². The SMILES string of the molecule is O=C(CCCOc1ccccc1)Nc1cc(F)cc2c1OCC(=O)N2. The van der Waals surface area contributed by atoms with E-state index in [1.165, 1.54) is 0 Å². The van der Waals surface area contributed by atoms with Gasteiger partial charge in [-0.15, -0.1) is 0 Å². The predicted octanol–water partition coefficient (Wildman–Crippen LogP) is 2.95. The Morgan fingerprint density at radius 2 is 2.08 bits per heavy atom. The van der Waals surface area contributed by atoms with Crippen LogP contribution in [-0.2, 0) is 9.59 Å². The van der Waals surface area contributed by atoms with Gasteiger partial charge in [0.2, 0.25) is 5.91 Å². The molecule has 0 radical (unpaired) electrons. The third kappa shape index (κ3) is 4.47. The van der Waals surface area contributed by atoms with Crippen LogP contribution in [0.25, 0.3) is 0 Å². The molecule has 0 bridgehead atoms. The van der Waals surface area contributed by atoms with E-state index in [2.05, 4.69) is 10.6 Å². The smallest absolute Gasteiger partial charge is 0.262 e. The summed E-state index contributed by atoms with van der Waals surface area (Å²) in [4.78, 5) is 23.4. The first kappa shape index (κ1) is 16.8. The molecular formula is C18H17FN2O4. The normalized spacial score (nSPS) is 12.6. The minimum Gasteiger partial charge on any atom is -0.494 e. The molecule has 3 rings (SSSR count). The van der Waals surface area contributed by atoms with Crippen LogP contribution >= 0.6 is 0 Å². The van der Waals surface area contributed by atoms with E-state index in [9.17, 15) is 14.0 Å². The molecule has 25 heavy (non-hydrogen) atoms. The number of amides is 2. The van der Waals surface area contributed by atoms with Crippen molar-refractivity contribution in [2.75, 3.05) is 23.8 Å². The fourth-order valence-corrected chi connectivity index (χ4v) is 2.41. The molecule has 0 atom stereocenters. The number of carbonyl (C=O) groups is 2. The Balaban J connectivity index is 1.54. The van der Waals surface area contributed by atoms with Gasteiger partial charge >= 0.3 is 0 Å². The molecule has 130 valence electrons. The van der Waals surface area contributed by atoms with E-state index >= 15 is 0 Å². The van der Waals surface area contributed by atoms with Gasteiger partial charge in [0.1, 0.15) is 11.6 Å². The van der Waals surface area contributed by atoms with Crippen molar-refractivity contribution in [2.45, 2.75) is 12.8 Å². The van der Waals surface area contributed by atoms with Crippen molar-refractivity contribution in [3.05, 3.63) is 48.3 Å². The number of carbonyl (C=O) groups excluding carboxylic acids is 2. The number of rotatable bonds is 6. The topological polar surface area (TPSA) is 76.7 Å². The van der Waals surface area contributed by atoms with Crippen LogP contribution in [0.1, 0.15) is 12.8 Å². The Morgan fingerprint density at radius 3 is 2.88 bits per heavy atom. The monoisotopic (exact) mass is 344 g/mol. The molecular weight excluding hydrogens is 327 g/mol. The second-order valence-electron chi connectivity index (χ2n) is 5.48. The molecule has 0 saturated carbocycles. The van der Waals surface area contributed by atoms with Crippen LogP contribution in [0.15, 0.2) is 42.5 Å². The number of anilines is 2. The third-order valence-electron chi connectivity index (χ3n) is 3.51. The first-order chi connectivity index (χ1) is 12.1. The lowest BCUT2D eigenvalue weighted by Gasteiger charge is -2.21. The lowest BCUT2D eigenvalue weighted by molar-refractivity contribution is -0.118. The van der Waals surface area contributed by atoms with Crippen molar-refractivity contribution in [1.82, 2.24) is 0 Å². The summed E-state index contributed by atoms with van der Waals surface area (Å²) < 4.78 is 24.5. The van der Waals surface area contributed by atoms with E-state index in [0.29, 0.717) is 13.0 Å². The average molecular weight is 344 g/mol. The van der Waals surface area contributed by atoms with Gasteiger partial charge in [0.15, 0.2) is 12.4 Å². The molecule has 0 spiro atoms. The summed E-state index contributed by atoms with van der Waals surface area (Å²) in [7, 11) is 0. The summed E-state index contributed by atoms with van der Waals surface area (Å²) >= 11 is 0. The quantitative estimate of drug-likeness (QED) is 0.790. The molecule has 0 aromatic heterocycles. The fourth-order valence-electron chi connectivity index (χ4n) is 2.41. The molecule has 7 heteroatoms. The van der Waals surface area contributed by atoms with Gasteiger partial charge in [0.25, 0.3) is 5.91 Å². The number of halogens is 1. The van der Waals surface area contributed by atoms with Gasteiger partial charge in [-0.05, 0) is 18.6 Å². The van der Waals surface area contributed by atoms with Crippen LogP contribution < -0.4 is 20.1 Å². The largest absolute Gasteiger partial charge is 0.494 e. The van der Waals surface area contributed by atoms with Gasteiger partial charge in [-0.25, -0.2) is 4.39 Å². The van der Waals surface area contributed by atoms with E-state index in [0.717, 1.165) is 17.9 Å². The van der Waals surface area contributed by atoms with Crippen LogP contribution in [0.5, 0.6) is 11.5 Å². The summed E-state index contributed by atoms with van der Waals surface area (Å²) in [5.74, 6) is -0.230. The Morgan fingerprint density at radius 1 is 1.28 bits per heavy atom. The van der Waals surface area contributed by atoms with Gasteiger partial charge in [0.05, 0.1) is 18.0 Å². The molecule has 0 aliphatic carbocycles. The summed E-state index contributed by atoms with van der Waals surface area (Å²) in [5, 5.41) is 5.12. The molecule has 2 aromatic rings. The van der Waals surface area contributed by atoms with Crippen molar-refractivity contribution >= 4 is 23.2 Å². The summed E-state index contributed by atoms with van der Waals surface area (Å²) in [5.41, 5.74) is 0.405. The van der Waals surface area contributed by atoms with Crippen molar-refractivity contribution < 1.29 is 23.5 Å². The van der Waals surface area contributed by atoms with Gasteiger partial charge in [0, 0.05) is 18.6 Å². The van der Waals surface area contributed by atoms with Gasteiger partial charge in [-0.2, -0.15) is 0 Å². The summed E-state index contributed by atoms with van der Waals surface area (Å²) in [6.45, 7) is 0.220. The van der Waals surface area contributed by atoms with E-state index in [1.807, 2.05) is 30.3 Å². The molecule has 6 nitrogen and oxygen atoms in total. The second kappa shape index (κ2) is 7.65. The lowest BCUT2D eigenvalue weighted by Crippen LogP contribution is -2.26. The first-order valence-corrected chi connectivity index (χ1v) is 7.86. The molecule has 2 amide bonds. The molecule has 2 N–H and O–H groups in total. The zero-order chi connectivity index (χ0) is 17.6. The molecule has 2 aromatic carbocycles. The van der Waals surface area contributed by atoms with Crippen LogP contribution in [-0.4, -0.2) is 25.0 Å². The van der Waals surface area contributed by atoms with E-state index in [4.69, 9.17) is 9.47 Å². The zero-order valence-electron chi connectivity index (χ0n) is 13.4. The Kier molecular flexibility index (Phi) is 5.13. The highest BCUT2D eigenvalue weighted by Gasteiger charge is 2.21. The van der Waals surface area contributed by atoms with Crippen LogP contribution in [0.2, 0.25) is 0 Å². The van der Waals surface area contributed by atoms with Crippen molar-refractivity contribution in [2.24, 2.45) is 0 Å². The number of para-hydroxylation sites is 1. The number of ether oxygens (including phenoxy) is 2. The highest BCUT2D eigenvalue weighted by molar-refractivity contribution is 6.00. The second-order valence-corrected chi connectivity index (χ2v) is 5.48. The lowest BCUT2D eigenvalue weighted by atomic mass is 10.2. The zero-order valence-corrected chi connectivity index (χ0v) is 13.4. The number of fused-ring (bicyclic) bond motifs is 1. The molecule has 1 aliphatic heterocycles. The third-order valence-corrected chi connectivity index (χ3v) is 3.51. The minimum atomic E-state index is -0.577. The molecule has 0 fully saturated rings. The Hall–Kier alpha value is -3.09.